The Morgan fingerprint density at radius 2 is 1.86 bits per heavy atom. The van der Waals surface area contributed by atoms with E-state index in [1.54, 1.807) is 14.1 Å². The van der Waals surface area contributed by atoms with E-state index in [0.29, 0.717) is 11.5 Å². The monoisotopic (exact) mass is 494 g/mol. The molecule has 0 saturated heterocycles. The SMILES string of the molecule is CN=C(NCCc1cccc(C(=O)NC)c1)NCC(C)c1cccc(C)c1.I. The Labute approximate surface area is 185 Å². The maximum Gasteiger partial charge on any atom is 0.251 e. The summed E-state index contributed by atoms with van der Waals surface area (Å²) < 4.78 is 0. The van der Waals surface area contributed by atoms with Crippen LogP contribution in [0, 0.1) is 6.92 Å². The van der Waals surface area contributed by atoms with Crippen molar-refractivity contribution < 1.29 is 4.79 Å². The first-order valence-electron chi connectivity index (χ1n) is 9.35. The molecule has 0 aliphatic carbocycles. The van der Waals surface area contributed by atoms with Crippen molar-refractivity contribution in [2.24, 2.45) is 4.99 Å². The number of aryl methyl sites for hydroxylation is 1. The summed E-state index contributed by atoms with van der Waals surface area (Å²) in [5.74, 6) is 1.12. The molecule has 0 heterocycles. The zero-order valence-corrected chi connectivity index (χ0v) is 19.4. The molecule has 0 aliphatic rings. The Balaban J connectivity index is 0.00000392. The van der Waals surface area contributed by atoms with Crippen molar-refractivity contribution in [2.45, 2.75) is 26.2 Å². The van der Waals surface area contributed by atoms with Gasteiger partial charge in [-0.25, -0.2) is 0 Å². The minimum absolute atomic E-state index is 0. The van der Waals surface area contributed by atoms with E-state index in [1.165, 1.54) is 11.1 Å². The van der Waals surface area contributed by atoms with E-state index in [-0.39, 0.29) is 29.9 Å². The molecule has 152 valence electrons. The molecule has 1 amide bonds. The maximum atomic E-state index is 11.7. The maximum absolute atomic E-state index is 11.7. The molecule has 0 aromatic heterocycles. The number of amides is 1. The summed E-state index contributed by atoms with van der Waals surface area (Å²) in [4.78, 5) is 16.0. The molecule has 0 saturated carbocycles. The summed E-state index contributed by atoms with van der Waals surface area (Å²) in [6.07, 6.45) is 0.818. The molecular formula is C22H31IN4O. The molecule has 2 aromatic rings. The number of guanidine groups is 1. The first-order valence-corrected chi connectivity index (χ1v) is 9.35. The van der Waals surface area contributed by atoms with Gasteiger partial charge in [-0.05, 0) is 42.5 Å². The van der Waals surface area contributed by atoms with Gasteiger partial charge >= 0.3 is 0 Å². The lowest BCUT2D eigenvalue weighted by Crippen LogP contribution is -2.39. The summed E-state index contributed by atoms with van der Waals surface area (Å²) in [6, 6.07) is 16.3. The van der Waals surface area contributed by atoms with Crippen molar-refractivity contribution in [1.29, 1.82) is 0 Å². The number of carbonyl (C=O) groups excluding carboxylic acids is 1. The number of benzene rings is 2. The van der Waals surface area contributed by atoms with Crippen LogP contribution in [-0.4, -0.2) is 39.1 Å². The highest BCUT2D eigenvalue weighted by Gasteiger charge is 2.07. The molecule has 2 rings (SSSR count). The average Bonchev–Trinajstić information content (AvgIpc) is 2.69. The third kappa shape index (κ3) is 7.50. The second kappa shape index (κ2) is 12.4. The smallest absolute Gasteiger partial charge is 0.251 e. The molecule has 28 heavy (non-hydrogen) atoms. The van der Waals surface area contributed by atoms with Crippen molar-refractivity contribution >= 4 is 35.8 Å². The summed E-state index contributed by atoms with van der Waals surface area (Å²) in [5.41, 5.74) is 4.40. The number of aliphatic imine (C=N–C) groups is 1. The summed E-state index contributed by atoms with van der Waals surface area (Å²) in [6.45, 7) is 5.88. The first kappa shape index (κ1) is 23.9. The van der Waals surface area contributed by atoms with Crippen LogP contribution in [0.25, 0.3) is 0 Å². The molecule has 0 bridgehead atoms. The fourth-order valence-electron chi connectivity index (χ4n) is 2.90. The van der Waals surface area contributed by atoms with E-state index in [0.717, 1.165) is 31.0 Å². The van der Waals surface area contributed by atoms with Crippen LogP contribution in [0.5, 0.6) is 0 Å². The Morgan fingerprint density at radius 1 is 1.11 bits per heavy atom. The number of nitrogens with zero attached hydrogens (tertiary/aromatic N) is 1. The van der Waals surface area contributed by atoms with Gasteiger partial charge in [0.15, 0.2) is 5.96 Å². The van der Waals surface area contributed by atoms with E-state index in [2.05, 4.69) is 59.1 Å². The molecule has 5 nitrogen and oxygen atoms in total. The Bertz CT molecular complexity index is 792. The van der Waals surface area contributed by atoms with Crippen LogP contribution in [0.1, 0.15) is 39.9 Å². The van der Waals surface area contributed by atoms with E-state index >= 15 is 0 Å². The third-order valence-corrected chi connectivity index (χ3v) is 4.53. The van der Waals surface area contributed by atoms with Gasteiger partial charge in [-0.15, -0.1) is 24.0 Å². The highest BCUT2D eigenvalue weighted by Crippen LogP contribution is 2.15. The fourth-order valence-corrected chi connectivity index (χ4v) is 2.90. The number of rotatable bonds is 7. The van der Waals surface area contributed by atoms with Crippen molar-refractivity contribution in [3.8, 4) is 0 Å². The van der Waals surface area contributed by atoms with Gasteiger partial charge in [0.2, 0.25) is 0 Å². The van der Waals surface area contributed by atoms with Crippen LogP contribution in [0.3, 0.4) is 0 Å². The number of hydrogen-bond donors (Lipinski definition) is 3. The third-order valence-electron chi connectivity index (χ3n) is 4.53. The molecule has 2 aromatic carbocycles. The van der Waals surface area contributed by atoms with Crippen LogP contribution in [0.15, 0.2) is 53.5 Å². The lowest BCUT2D eigenvalue weighted by Gasteiger charge is -2.17. The van der Waals surface area contributed by atoms with Crippen LogP contribution >= 0.6 is 24.0 Å². The van der Waals surface area contributed by atoms with Crippen molar-refractivity contribution in [3.63, 3.8) is 0 Å². The minimum Gasteiger partial charge on any atom is -0.356 e. The fraction of sp³-hybridized carbons (Fsp3) is 0.364. The highest BCUT2D eigenvalue weighted by atomic mass is 127. The highest BCUT2D eigenvalue weighted by molar-refractivity contribution is 14.0. The lowest BCUT2D eigenvalue weighted by atomic mass is 9.99. The van der Waals surface area contributed by atoms with Gasteiger partial charge < -0.3 is 16.0 Å². The van der Waals surface area contributed by atoms with Gasteiger partial charge in [-0.1, -0.05) is 48.9 Å². The largest absolute Gasteiger partial charge is 0.356 e. The van der Waals surface area contributed by atoms with Crippen molar-refractivity contribution in [3.05, 3.63) is 70.8 Å². The summed E-state index contributed by atoms with van der Waals surface area (Å²) in [7, 11) is 3.42. The van der Waals surface area contributed by atoms with Crippen molar-refractivity contribution in [2.75, 3.05) is 27.2 Å². The van der Waals surface area contributed by atoms with E-state index in [9.17, 15) is 4.79 Å². The number of carbonyl (C=O) groups is 1. The zero-order valence-electron chi connectivity index (χ0n) is 17.1. The second-order valence-electron chi connectivity index (χ2n) is 6.72. The van der Waals surface area contributed by atoms with Gasteiger partial charge in [0.25, 0.3) is 5.91 Å². The van der Waals surface area contributed by atoms with Crippen LogP contribution in [0.4, 0.5) is 0 Å². The predicted molar refractivity (Wildman–Crippen MR) is 128 cm³/mol. The van der Waals surface area contributed by atoms with Crippen LogP contribution in [0.2, 0.25) is 0 Å². The average molecular weight is 494 g/mol. The molecule has 0 spiro atoms. The van der Waals surface area contributed by atoms with E-state index in [1.807, 2.05) is 24.3 Å². The number of halogens is 1. The molecule has 1 atom stereocenters. The summed E-state index contributed by atoms with van der Waals surface area (Å²) in [5, 5.41) is 9.38. The quantitative estimate of drug-likeness (QED) is 0.314. The lowest BCUT2D eigenvalue weighted by molar-refractivity contribution is 0.0963. The number of hydrogen-bond acceptors (Lipinski definition) is 2. The Hall–Kier alpha value is -2.09. The molecule has 6 heteroatoms. The van der Waals surface area contributed by atoms with Gasteiger partial charge in [-0.3, -0.25) is 9.79 Å². The van der Waals surface area contributed by atoms with Crippen LogP contribution < -0.4 is 16.0 Å². The van der Waals surface area contributed by atoms with Crippen molar-refractivity contribution in [1.82, 2.24) is 16.0 Å². The van der Waals surface area contributed by atoms with Gasteiger partial charge in [0, 0.05) is 32.7 Å². The minimum atomic E-state index is -0.0626. The Kier molecular flexibility index (Phi) is 10.6. The molecular weight excluding hydrogens is 463 g/mol. The summed E-state index contributed by atoms with van der Waals surface area (Å²) >= 11 is 0. The predicted octanol–water partition coefficient (Wildman–Crippen LogP) is 3.48. The molecule has 0 fully saturated rings. The normalized spacial score (nSPS) is 11.9. The van der Waals surface area contributed by atoms with Gasteiger partial charge in [-0.2, -0.15) is 0 Å². The van der Waals surface area contributed by atoms with E-state index in [4.69, 9.17) is 0 Å². The molecule has 3 N–H and O–H groups in total. The van der Waals surface area contributed by atoms with E-state index < -0.39 is 0 Å². The Morgan fingerprint density at radius 3 is 2.54 bits per heavy atom. The molecule has 0 radical (unpaired) electrons. The molecule has 0 aliphatic heterocycles. The van der Waals surface area contributed by atoms with Gasteiger partial charge in [0.05, 0.1) is 0 Å². The molecule has 1 unspecified atom stereocenters. The standard InChI is InChI=1S/C22H30N4O.HI/c1-16-7-5-9-19(13-16)17(2)15-26-22(24-4)25-12-11-18-8-6-10-20(14-18)21(27)23-3;/h5-10,13-14,17H,11-12,15H2,1-4H3,(H,23,27)(H2,24,25,26);1H. The topological polar surface area (TPSA) is 65.5 Å². The van der Waals surface area contributed by atoms with Gasteiger partial charge in [0.1, 0.15) is 0 Å². The van der Waals surface area contributed by atoms with Crippen LogP contribution in [-0.2, 0) is 6.42 Å². The first-order chi connectivity index (χ1) is 13.0. The number of nitrogens with one attached hydrogen (secondary N) is 3. The zero-order chi connectivity index (χ0) is 19.6. The second-order valence-corrected chi connectivity index (χ2v) is 6.72.